The molecule has 0 saturated heterocycles. The van der Waals surface area contributed by atoms with Crippen molar-refractivity contribution in [2.75, 3.05) is 7.11 Å². The number of nitrogens with zero attached hydrogens (tertiary/aromatic N) is 1. The summed E-state index contributed by atoms with van der Waals surface area (Å²) in [7, 11) is 1.69. The zero-order chi connectivity index (χ0) is 15.9. The average molecular weight is 332 g/mol. The highest BCUT2D eigenvalue weighted by molar-refractivity contribution is 7.13. The second-order valence-corrected chi connectivity index (χ2v) is 6.94. The second kappa shape index (κ2) is 5.90. The van der Waals surface area contributed by atoms with E-state index in [1.165, 1.54) is 0 Å². The number of aromatic nitrogens is 1. The molecule has 0 aliphatic rings. The first-order valence-corrected chi connectivity index (χ1v) is 8.49. The van der Waals surface area contributed by atoms with Gasteiger partial charge in [-0.25, -0.2) is 4.98 Å². The van der Waals surface area contributed by atoms with Crippen molar-refractivity contribution < 1.29 is 4.74 Å². The Kier molecular flexibility index (Phi) is 4.11. The van der Waals surface area contributed by atoms with Gasteiger partial charge in [-0.3, -0.25) is 0 Å². The SMILES string of the molecule is COc1ccc2c(Cl)cc(-c3nc(C(C)C)cs3)cc2c1C. The third kappa shape index (κ3) is 2.59. The van der Waals surface area contributed by atoms with Crippen LogP contribution in [0.25, 0.3) is 21.3 Å². The Balaban J connectivity index is 2.20. The van der Waals surface area contributed by atoms with Crippen molar-refractivity contribution >= 4 is 33.7 Å². The highest BCUT2D eigenvalue weighted by Crippen LogP contribution is 2.37. The van der Waals surface area contributed by atoms with Crippen LogP contribution in [0.4, 0.5) is 0 Å². The molecule has 0 aliphatic heterocycles. The monoisotopic (exact) mass is 331 g/mol. The first-order valence-electron chi connectivity index (χ1n) is 7.24. The maximum absolute atomic E-state index is 6.48. The second-order valence-electron chi connectivity index (χ2n) is 5.68. The number of hydrogen-bond acceptors (Lipinski definition) is 3. The van der Waals surface area contributed by atoms with Gasteiger partial charge in [-0.1, -0.05) is 25.4 Å². The van der Waals surface area contributed by atoms with Crippen LogP contribution in [0, 0.1) is 6.92 Å². The third-order valence-corrected chi connectivity index (χ3v) is 5.11. The molecule has 2 nitrogen and oxygen atoms in total. The Bertz CT molecular complexity index is 838. The van der Waals surface area contributed by atoms with Crippen molar-refractivity contribution in [1.82, 2.24) is 4.98 Å². The molecule has 22 heavy (non-hydrogen) atoms. The van der Waals surface area contributed by atoms with Crippen LogP contribution >= 0.6 is 22.9 Å². The predicted octanol–water partition coefficient (Wildman–Crippen LogP) is 6.06. The smallest absolute Gasteiger partial charge is 0.123 e. The summed E-state index contributed by atoms with van der Waals surface area (Å²) in [6.45, 7) is 6.37. The Morgan fingerprint density at radius 2 is 1.95 bits per heavy atom. The van der Waals surface area contributed by atoms with Gasteiger partial charge in [0.15, 0.2) is 0 Å². The Morgan fingerprint density at radius 1 is 1.18 bits per heavy atom. The maximum atomic E-state index is 6.48. The summed E-state index contributed by atoms with van der Waals surface area (Å²) in [5, 5.41) is 6.04. The summed E-state index contributed by atoms with van der Waals surface area (Å²) < 4.78 is 5.42. The zero-order valence-electron chi connectivity index (χ0n) is 13.1. The Hall–Kier alpha value is -1.58. The number of aryl methyl sites for hydroxylation is 1. The normalized spacial score (nSPS) is 11.4. The number of methoxy groups -OCH3 is 1. The van der Waals surface area contributed by atoms with Gasteiger partial charge >= 0.3 is 0 Å². The molecule has 0 radical (unpaired) electrons. The van der Waals surface area contributed by atoms with Crippen molar-refractivity contribution in [2.24, 2.45) is 0 Å². The summed E-state index contributed by atoms with van der Waals surface area (Å²) in [5.41, 5.74) is 3.29. The van der Waals surface area contributed by atoms with Gasteiger partial charge in [0.2, 0.25) is 0 Å². The average Bonchev–Trinajstić information content (AvgIpc) is 2.98. The van der Waals surface area contributed by atoms with Gasteiger partial charge in [-0.05, 0) is 48.1 Å². The number of thiazole rings is 1. The van der Waals surface area contributed by atoms with Crippen LogP contribution in [-0.4, -0.2) is 12.1 Å². The van der Waals surface area contributed by atoms with Crippen molar-refractivity contribution in [3.63, 3.8) is 0 Å². The summed E-state index contributed by atoms with van der Waals surface area (Å²) in [5.74, 6) is 1.31. The molecule has 4 heteroatoms. The lowest BCUT2D eigenvalue weighted by atomic mass is 10.0. The molecule has 3 aromatic rings. The highest BCUT2D eigenvalue weighted by Gasteiger charge is 2.12. The number of halogens is 1. The number of fused-ring (bicyclic) bond motifs is 1. The topological polar surface area (TPSA) is 22.1 Å². The van der Waals surface area contributed by atoms with Gasteiger partial charge in [-0.2, -0.15) is 0 Å². The van der Waals surface area contributed by atoms with Crippen molar-refractivity contribution in [1.29, 1.82) is 0 Å². The van der Waals surface area contributed by atoms with E-state index in [4.69, 9.17) is 21.3 Å². The Labute approximate surface area is 139 Å². The molecule has 0 bridgehead atoms. The fourth-order valence-corrected chi connectivity index (χ4v) is 3.79. The van der Waals surface area contributed by atoms with E-state index < -0.39 is 0 Å². The maximum Gasteiger partial charge on any atom is 0.123 e. The van der Waals surface area contributed by atoms with Gasteiger partial charge in [0.1, 0.15) is 10.8 Å². The summed E-state index contributed by atoms with van der Waals surface area (Å²) in [6, 6.07) is 8.12. The first kappa shape index (κ1) is 15.3. The van der Waals surface area contributed by atoms with Crippen LogP contribution in [-0.2, 0) is 0 Å². The highest BCUT2D eigenvalue weighted by atomic mass is 35.5. The lowest BCUT2D eigenvalue weighted by Crippen LogP contribution is -1.90. The van der Waals surface area contributed by atoms with Crippen LogP contribution in [0.15, 0.2) is 29.6 Å². The molecule has 1 aromatic heterocycles. The minimum Gasteiger partial charge on any atom is -0.496 e. The van der Waals surface area contributed by atoms with E-state index in [1.807, 2.05) is 18.2 Å². The van der Waals surface area contributed by atoms with E-state index in [-0.39, 0.29) is 0 Å². The summed E-state index contributed by atoms with van der Waals surface area (Å²) >= 11 is 8.15. The number of benzene rings is 2. The molecule has 0 fully saturated rings. The lowest BCUT2D eigenvalue weighted by molar-refractivity contribution is 0.412. The zero-order valence-corrected chi connectivity index (χ0v) is 14.7. The molecular weight excluding hydrogens is 314 g/mol. The molecule has 0 atom stereocenters. The molecule has 3 rings (SSSR count). The van der Waals surface area contributed by atoms with Crippen LogP contribution in [0.2, 0.25) is 5.02 Å². The van der Waals surface area contributed by atoms with E-state index in [9.17, 15) is 0 Å². The fourth-order valence-electron chi connectivity index (χ4n) is 2.54. The number of hydrogen-bond donors (Lipinski definition) is 0. The quantitative estimate of drug-likeness (QED) is 0.582. The van der Waals surface area contributed by atoms with Crippen LogP contribution in [0.5, 0.6) is 5.75 Å². The molecule has 0 aliphatic carbocycles. The van der Waals surface area contributed by atoms with Gasteiger partial charge in [0, 0.05) is 21.4 Å². The molecule has 0 N–H and O–H groups in total. The first-order chi connectivity index (χ1) is 10.5. The molecule has 0 amide bonds. The van der Waals surface area contributed by atoms with E-state index >= 15 is 0 Å². The van der Waals surface area contributed by atoms with Crippen LogP contribution in [0.1, 0.15) is 31.0 Å². The number of ether oxygens (including phenoxy) is 1. The molecule has 0 saturated carbocycles. The van der Waals surface area contributed by atoms with Crippen molar-refractivity contribution in [2.45, 2.75) is 26.7 Å². The van der Waals surface area contributed by atoms with Gasteiger partial charge in [0.05, 0.1) is 12.8 Å². The molecular formula is C18H18ClNOS. The van der Waals surface area contributed by atoms with Crippen LogP contribution in [0.3, 0.4) is 0 Å². The molecule has 114 valence electrons. The van der Waals surface area contributed by atoms with E-state index in [1.54, 1.807) is 18.4 Å². The van der Waals surface area contributed by atoms with Gasteiger partial charge in [-0.15, -0.1) is 11.3 Å². The summed E-state index contributed by atoms with van der Waals surface area (Å²) in [4.78, 5) is 4.73. The van der Waals surface area contributed by atoms with Crippen molar-refractivity contribution in [3.05, 3.63) is 45.9 Å². The minimum absolute atomic E-state index is 0.433. The number of rotatable bonds is 3. The van der Waals surface area contributed by atoms with Gasteiger partial charge in [0.25, 0.3) is 0 Å². The van der Waals surface area contributed by atoms with E-state index in [2.05, 4.69) is 32.2 Å². The van der Waals surface area contributed by atoms with Gasteiger partial charge < -0.3 is 4.74 Å². The fraction of sp³-hybridized carbons (Fsp3) is 0.278. The van der Waals surface area contributed by atoms with E-state index in [0.717, 1.165) is 43.4 Å². The largest absolute Gasteiger partial charge is 0.496 e. The molecule has 0 unspecified atom stereocenters. The molecule has 2 aromatic carbocycles. The lowest BCUT2D eigenvalue weighted by Gasteiger charge is -2.11. The standard InChI is InChI=1S/C18H18ClNOS/c1-10(2)16-9-22-18(20-16)12-7-14-11(3)17(21-4)6-5-13(14)15(19)8-12/h5-10H,1-4H3. The predicted molar refractivity (Wildman–Crippen MR) is 95.4 cm³/mol. The summed E-state index contributed by atoms with van der Waals surface area (Å²) in [6.07, 6.45) is 0. The third-order valence-electron chi connectivity index (χ3n) is 3.88. The van der Waals surface area contributed by atoms with Crippen LogP contribution < -0.4 is 4.74 Å². The van der Waals surface area contributed by atoms with E-state index in [0.29, 0.717) is 5.92 Å². The van der Waals surface area contributed by atoms with Crippen molar-refractivity contribution in [3.8, 4) is 16.3 Å². The Morgan fingerprint density at radius 3 is 2.59 bits per heavy atom. The molecule has 0 spiro atoms. The minimum atomic E-state index is 0.433. The molecule has 1 heterocycles.